The van der Waals surface area contributed by atoms with E-state index in [1.807, 2.05) is 0 Å². The van der Waals surface area contributed by atoms with Gasteiger partial charge in [0.25, 0.3) is 0 Å². The van der Waals surface area contributed by atoms with Gasteiger partial charge in [-0.15, -0.1) is 0 Å². The molecule has 0 bridgehead atoms. The molecule has 0 unspecified atom stereocenters. The van der Waals surface area contributed by atoms with Crippen LogP contribution in [0.4, 0.5) is 13.2 Å². The largest absolute Gasteiger partial charge is 0.481 e. The van der Waals surface area contributed by atoms with Gasteiger partial charge in [0.05, 0.1) is 12.8 Å². The van der Waals surface area contributed by atoms with Crippen molar-refractivity contribution in [2.24, 2.45) is 0 Å². The molecule has 4 nitrogen and oxygen atoms in total. The Morgan fingerprint density at radius 1 is 1.21 bits per heavy atom. The summed E-state index contributed by atoms with van der Waals surface area (Å²) in [5.74, 6) is -1.02. The minimum Gasteiger partial charge on any atom is -0.481 e. The van der Waals surface area contributed by atoms with E-state index in [4.69, 9.17) is 16.3 Å². The zero-order chi connectivity index (χ0) is 14.0. The van der Waals surface area contributed by atoms with E-state index >= 15 is 0 Å². The lowest BCUT2D eigenvalue weighted by Crippen LogP contribution is -2.11. The van der Waals surface area contributed by atoms with Gasteiger partial charge in [0.2, 0.25) is 11.7 Å². The summed E-state index contributed by atoms with van der Waals surface area (Å²) in [6, 6.07) is 4.20. The summed E-state index contributed by atoms with van der Waals surface area (Å²) in [7, 11) is 1.40. The molecule has 0 aliphatic heterocycles. The molecule has 0 saturated carbocycles. The van der Waals surface area contributed by atoms with Crippen LogP contribution in [-0.4, -0.2) is 22.1 Å². The van der Waals surface area contributed by atoms with E-state index in [1.54, 1.807) is 0 Å². The summed E-state index contributed by atoms with van der Waals surface area (Å²) in [4.78, 5) is 10.5. The predicted molar refractivity (Wildman–Crippen MR) is 61.8 cm³/mol. The van der Waals surface area contributed by atoms with E-state index in [1.165, 1.54) is 31.5 Å². The number of pyridine rings is 1. The minimum absolute atomic E-state index is 0.0491. The molecule has 2 aromatic heterocycles. The van der Waals surface area contributed by atoms with Crippen LogP contribution in [0, 0.1) is 0 Å². The van der Waals surface area contributed by atoms with Crippen molar-refractivity contribution in [3.63, 3.8) is 0 Å². The van der Waals surface area contributed by atoms with Crippen LogP contribution >= 0.6 is 11.6 Å². The number of alkyl halides is 3. The van der Waals surface area contributed by atoms with Gasteiger partial charge >= 0.3 is 6.18 Å². The molecule has 0 atom stereocenters. The zero-order valence-electron chi connectivity index (χ0n) is 9.57. The maximum Gasteiger partial charge on any atom is 0.451 e. The first kappa shape index (κ1) is 13.5. The van der Waals surface area contributed by atoms with Crippen LogP contribution in [0.5, 0.6) is 5.88 Å². The molecular weight excluding hydrogens is 283 g/mol. The average molecular weight is 290 g/mol. The molecule has 2 heterocycles. The molecular formula is C11H7ClF3N3O. The van der Waals surface area contributed by atoms with E-state index in [9.17, 15) is 13.2 Å². The summed E-state index contributed by atoms with van der Waals surface area (Å²) in [5.41, 5.74) is 0.453. The monoisotopic (exact) mass is 289 g/mol. The summed E-state index contributed by atoms with van der Waals surface area (Å²) < 4.78 is 42.7. The first-order valence-corrected chi connectivity index (χ1v) is 5.40. The van der Waals surface area contributed by atoms with Crippen LogP contribution in [0.3, 0.4) is 0 Å². The second-order valence-electron chi connectivity index (χ2n) is 3.48. The van der Waals surface area contributed by atoms with Crippen LogP contribution < -0.4 is 4.74 Å². The van der Waals surface area contributed by atoms with Gasteiger partial charge in [-0.25, -0.2) is 15.0 Å². The standard InChI is InChI=1S/C11H7ClF3N3O/c1-19-9-4-6(2-3-16-9)7-5-8(12)18-10(17-7)11(13,14)15/h2-5H,1H3. The van der Waals surface area contributed by atoms with Crippen molar-refractivity contribution >= 4 is 11.6 Å². The fourth-order valence-electron chi connectivity index (χ4n) is 1.37. The number of rotatable bonds is 2. The Labute approximate surface area is 111 Å². The molecule has 0 fully saturated rings. The van der Waals surface area contributed by atoms with Crippen LogP contribution in [0.25, 0.3) is 11.3 Å². The minimum atomic E-state index is -4.66. The molecule has 0 radical (unpaired) electrons. The van der Waals surface area contributed by atoms with Gasteiger partial charge in [-0.2, -0.15) is 13.2 Å². The van der Waals surface area contributed by atoms with Gasteiger partial charge in [0, 0.05) is 23.9 Å². The van der Waals surface area contributed by atoms with Crippen molar-refractivity contribution in [3.8, 4) is 17.1 Å². The van der Waals surface area contributed by atoms with E-state index in [-0.39, 0.29) is 16.7 Å². The Hall–Kier alpha value is -1.89. The van der Waals surface area contributed by atoms with Crippen molar-refractivity contribution in [1.82, 2.24) is 15.0 Å². The Morgan fingerprint density at radius 3 is 2.58 bits per heavy atom. The molecule has 0 saturated heterocycles. The highest BCUT2D eigenvalue weighted by Crippen LogP contribution is 2.30. The second kappa shape index (κ2) is 5.00. The Kier molecular flexibility index (Phi) is 3.57. The molecule has 100 valence electrons. The molecule has 0 aromatic carbocycles. The predicted octanol–water partition coefficient (Wildman–Crippen LogP) is 3.22. The number of methoxy groups -OCH3 is 1. The third-order valence-electron chi connectivity index (χ3n) is 2.19. The first-order chi connectivity index (χ1) is 8.90. The topological polar surface area (TPSA) is 47.9 Å². The maximum absolute atomic E-state index is 12.6. The molecule has 0 spiro atoms. The van der Waals surface area contributed by atoms with Crippen molar-refractivity contribution in [2.75, 3.05) is 7.11 Å². The second-order valence-corrected chi connectivity index (χ2v) is 3.87. The van der Waals surface area contributed by atoms with Crippen LogP contribution in [0.15, 0.2) is 24.4 Å². The highest BCUT2D eigenvalue weighted by atomic mass is 35.5. The highest BCUT2D eigenvalue weighted by Gasteiger charge is 2.35. The van der Waals surface area contributed by atoms with Gasteiger partial charge in [0.15, 0.2) is 0 Å². The molecule has 2 aromatic rings. The van der Waals surface area contributed by atoms with Gasteiger partial charge < -0.3 is 4.74 Å². The third kappa shape index (κ3) is 3.11. The number of nitrogens with zero attached hydrogens (tertiary/aromatic N) is 3. The number of hydrogen-bond donors (Lipinski definition) is 0. The number of halogens is 4. The summed E-state index contributed by atoms with van der Waals surface area (Å²) in [6.07, 6.45) is -3.26. The Balaban J connectivity index is 2.53. The molecule has 0 amide bonds. The lowest BCUT2D eigenvalue weighted by atomic mass is 10.2. The molecule has 2 rings (SSSR count). The van der Waals surface area contributed by atoms with Crippen molar-refractivity contribution in [2.45, 2.75) is 6.18 Å². The molecule has 19 heavy (non-hydrogen) atoms. The summed E-state index contributed by atoms with van der Waals surface area (Å²) >= 11 is 5.58. The maximum atomic E-state index is 12.6. The normalized spacial score (nSPS) is 11.4. The molecule has 0 aliphatic carbocycles. The van der Waals surface area contributed by atoms with E-state index in [2.05, 4.69) is 15.0 Å². The quantitative estimate of drug-likeness (QED) is 0.797. The molecule has 0 N–H and O–H groups in total. The van der Waals surface area contributed by atoms with Gasteiger partial charge in [0.1, 0.15) is 5.15 Å². The van der Waals surface area contributed by atoms with Crippen molar-refractivity contribution in [3.05, 3.63) is 35.4 Å². The number of aromatic nitrogens is 3. The van der Waals surface area contributed by atoms with Gasteiger partial charge in [-0.3, -0.25) is 0 Å². The smallest absolute Gasteiger partial charge is 0.451 e. The first-order valence-electron chi connectivity index (χ1n) is 5.02. The number of hydrogen-bond acceptors (Lipinski definition) is 4. The van der Waals surface area contributed by atoms with E-state index in [0.717, 1.165) is 0 Å². The Morgan fingerprint density at radius 2 is 1.95 bits per heavy atom. The zero-order valence-corrected chi connectivity index (χ0v) is 10.3. The summed E-state index contributed by atoms with van der Waals surface area (Å²) in [5, 5.41) is -0.284. The van der Waals surface area contributed by atoms with Crippen molar-refractivity contribution in [1.29, 1.82) is 0 Å². The third-order valence-corrected chi connectivity index (χ3v) is 2.38. The number of ether oxygens (including phenoxy) is 1. The Bertz CT molecular complexity index is 604. The fourth-order valence-corrected chi connectivity index (χ4v) is 1.56. The van der Waals surface area contributed by atoms with Gasteiger partial charge in [-0.1, -0.05) is 11.6 Å². The SMILES string of the molecule is COc1cc(-c2cc(Cl)nc(C(F)(F)F)n2)ccn1. The molecule has 8 heteroatoms. The van der Waals surface area contributed by atoms with Gasteiger partial charge in [-0.05, 0) is 6.07 Å². The fraction of sp³-hybridized carbons (Fsp3) is 0.182. The van der Waals surface area contributed by atoms with Crippen LogP contribution in [0.2, 0.25) is 5.15 Å². The van der Waals surface area contributed by atoms with Crippen LogP contribution in [0.1, 0.15) is 5.82 Å². The van der Waals surface area contributed by atoms with E-state index < -0.39 is 12.0 Å². The highest BCUT2D eigenvalue weighted by molar-refractivity contribution is 6.29. The molecule has 0 aliphatic rings. The lowest BCUT2D eigenvalue weighted by molar-refractivity contribution is -0.144. The van der Waals surface area contributed by atoms with E-state index in [0.29, 0.717) is 5.56 Å². The lowest BCUT2D eigenvalue weighted by Gasteiger charge is -2.08. The van der Waals surface area contributed by atoms with Crippen LogP contribution in [-0.2, 0) is 6.18 Å². The van der Waals surface area contributed by atoms with Crippen molar-refractivity contribution < 1.29 is 17.9 Å². The average Bonchev–Trinajstić information content (AvgIpc) is 2.37. The summed E-state index contributed by atoms with van der Waals surface area (Å²) in [6.45, 7) is 0.